The maximum absolute atomic E-state index is 12.8. The van der Waals surface area contributed by atoms with Crippen molar-refractivity contribution < 1.29 is 49.1 Å². The fraction of sp³-hybridized carbons (Fsp3) is 0.219. The van der Waals surface area contributed by atoms with Crippen LogP contribution in [0.2, 0.25) is 5.02 Å². The van der Waals surface area contributed by atoms with E-state index in [1.165, 1.54) is 12.4 Å². The van der Waals surface area contributed by atoms with E-state index in [1.807, 2.05) is 31.2 Å². The third-order valence-corrected chi connectivity index (χ3v) is 8.04. The predicted molar refractivity (Wildman–Crippen MR) is 181 cm³/mol. The molecule has 3 N–H and O–H groups in total. The van der Waals surface area contributed by atoms with Gasteiger partial charge in [0.05, 0.1) is 17.1 Å². The van der Waals surface area contributed by atoms with Crippen LogP contribution in [0.3, 0.4) is 0 Å². The second-order valence-corrected chi connectivity index (χ2v) is 13.1. The second-order valence-electron chi connectivity index (χ2n) is 10.4. The van der Waals surface area contributed by atoms with E-state index in [-0.39, 0.29) is 5.76 Å². The first-order valence-corrected chi connectivity index (χ1v) is 17.6. The van der Waals surface area contributed by atoms with E-state index in [1.54, 1.807) is 42.5 Å². The van der Waals surface area contributed by atoms with Crippen molar-refractivity contribution in [2.75, 3.05) is 24.4 Å². The van der Waals surface area contributed by atoms with Gasteiger partial charge in [0, 0.05) is 31.6 Å². The molecule has 1 amide bonds. The van der Waals surface area contributed by atoms with E-state index in [4.69, 9.17) is 38.0 Å². The predicted octanol–water partition coefficient (Wildman–Crippen LogP) is 6.45. The standard InChI is InChI=1S/C32H32ClN4O10PS/c1-21-4-2-5-22(14-21)18-44-30-10-7-24(16-27(30)33)36-31-26-15-23(6-9-28(26)34-19-35-31)29-11-8-25(47-29)17-37(12-3-13-49(42)43)32(38)45-20-46-48(39,40)41/h2,4-11,14-16,19H,3,12-13,17-18,20H2,1H3,(H,42,43)(H,34,35,36)(H2,39,40,41)/p-1/i12D2. The highest BCUT2D eigenvalue weighted by Crippen LogP contribution is 2.36. The molecule has 0 aliphatic carbocycles. The number of aromatic nitrogens is 2. The molecule has 17 heteroatoms. The molecule has 0 fully saturated rings. The normalized spacial score (nSPS) is 13.0. The van der Waals surface area contributed by atoms with Gasteiger partial charge in [0.15, 0.2) is 0 Å². The number of furan rings is 1. The first-order valence-electron chi connectivity index (χ1n) is 15.5. The summed E-state index contributed by atoms with van der Waals surface area (Å²) >= 11 is 3.93. The summed E-state index contributed by atoms with van der Waals surface area (Å²) in [7, 11) is -4.99. The summed E-state index contributed by atoms with van der Waals surface area (Å²) in [6, 6.07) is 21.6. The van der Waals surface area contributed by atoms with Crippen molar-refractivity contribution >= 4 is 59.0 Å². The zero-order valence-electron chi connectivity index (χ0n) is 27.8. The van der Waals surface area contributed by atoms with Crippen LogP contribution in [0.1, 0.15) is 26.0 Å². The lowest BCUT2D eigenvalue weighted by Gasteiger charge is -2.21. The van der Waals surface area contributed by atoms with Crippen molar-refractivity contribution in [2.45, 2.75) is 26.5 Å². The van der Waals surface area contributed by atoms with Crippen LogP contribution >= 0.6 is 19.4 Å². The third kappa shape index (κ3) is 10.6. The summed E-state index contributed by atoms with van der Waals surface area (Å²) in [4.78, 5) is 39.8. The van der Waals surface area contributed by atoms with Crippen LogP contribution in [0.5, 0.6) is 5.75 Å². The summed E-state index contributed by atoms with van der Waals surface area (Å²) in [6.07, 6.45) is -0.585. The number of nitrogens with zero attached hydrogens (tertiary/aromatic N) is 3. The average molecular weight is 732 g/mol. The van der Waals surface area contributed by atoms with Gasteiger partial charge in [0.2, 0.25) is 6.79 Å². The number of amides is 1. The smallest absolute Gasteiger partial charge is 0.472 e. The quantitative estimate of drug-likeness (QED) is 0.0604. The number of phosphoric ester groups is 1. The lowest BCUT2D eigenvalue weighted by Crippen LogP contribution is -2.33. The molecule has 2 aromatic heterocycles. The molecule has 3 aromatic carbocycles. The van der Waals surface area contributed by atoms with Crippen LogP contribution in [0.15, 0.2) is 83.5 Å². The monoisotopic (exact) mass is 731 g/mol. The van der Waals surface area contributed by atoms with Crippen molar-refractivity contribution in [3.05, 3.63) is 101 Å². The fourth-order valence-electron chi connectivity index (χ4n) is 4.55. The molecule has 0 radical (unpaired) electrons. The Bertz CT molecular complexity index is 2100. The molecular weight excluding hydrogens is 699 g/mol. The second kappa shape index (κ2) is 16.4. The van der Waals surface area contributed by atoms with Crippen molar-refractivity contribution in [1.29, 1.82) is 0 Å². The molecule has 14 nitrogen and oxygen atoms in total. The van der Waals surface area contributed by atoms with Gasteiger partial charge in [-0.2, -0.15) is 0 Å². The SMILES string of the molecule is [2H]C([2H])(CCS(=O)[O-])N(Cc1ccc(-c2ccc3ncnc(Nc4ccc(OCc5cccc(C)c5)c(Cl)c4)c3c2)o1)C(=O)OCOP(=O)(O)O. The zero-order valence-corrected chi connectivity index (χ0v) is 28.2. The molecule has 49 heavy (non-hydrogen) atoms. The number of phosphoric acid groups is 1. The number of rotatable bonds is 15. The summed E-state index contributed by atoms with van der Waals surface area (Å²) < 4.78 is 70.5. The Morgan fingerprint density at radius 3 is 2.73 bits per heavy atom. The lowest BCUT2D eigenvalue weighted by atomic mass is 10.1. The molecule has 1 atom stereocenters. The van der Waals surface area contributed by atoms with Gasteiger partial charge in [-0.25, -0.2) is 23.9 Å². The van der Waals surface area contributed by atoms with Gasteiger partial charge >= 0.3 is 13.9 Å². The van der Waals surface area contributed by atoms with Gasteiger partial charge in [-0.15, -0.1) is 0 Å². The molecule has 2 heterocycles. The van der Waals surface area contributed by atoms with Gasteiger partial charge in [0.1, 0.15) is 36.0 Å². The van der Waals surface area contributed by atoms with Crippen LogP contribution in [-0.2, 0) is 38.1 Å². The number of fused-ring (bicyclic) bond motifs is 1. The van der Waals surface area contributed by atoms with Crippen molar-refractivity contribution in [1.82, 2.24) is 14.9 Å². The zero-order chi connectivity index (χ0) is 36.8. The van der Waals surface area contributed by atoms with Gasteiger partial charge in [0.25, 0.3) is 0 Å². The Labute approximate surface area is 291 Å². The highest BCUT2D eigenvalue weighted by Gasteiger charge is 2.21. The highest BCUT2D eigenvalue weighted by atomic mass is 35.5. The topological polar surface area (TPSA) is 197 Å². The van der Waals surface area contributed by atoms with Crippen molar-refractivity contribution in [3.8, 4) is 17.1 Å². The third-order valence-electron chi connectivity index (χ3n) is 6.76. The largest absolute Gasteiger partial charge is 0.772 e. The van der Waals surface area contributed by atoms with Gasteiger partial charge in [-0.1, -0.05) is 52.5 Å². The summed E-state index contributed by atoms with van der Waals surface area (Å²) in [5.41, 5.74) is 3.98. The number of nitrogens with one attached hydrogen (secondary N) is 1. The molecule has 0 spiro atoms. The van der Waals surface area contributed by atoms with E-state index in [2.05, 4.69) is 19.8 Å². The number of aryl methyl sites for hydroxylation is 1. The van der Waals surface area contributed by atoms with E-state index < -0.39 is 57.0 Å². The maximum Gasteiger partial charge on any atom is 0.472 e. The van der Waals surface area contributed by atoms with E-state index in [0.29, 0.717) is 56.0 Å². The van der Waals surface area contributed by atoms with Crippen LogP contribution in [-0.4, -0.2) is 58.6 Å². The molecule has 0 saturated carbocycles. The molecule has 5 aromatic rings. The number of hydrogen-bond acceptors (Lipinski definition) is 11. The molecule has 0 aliphatic rings. The van der Waals surface area contributed by atoms with E-state index in [0.717, 1.165) is 11.1 Å². The van der Waals surface area contributed by atoms with Gasteiger partial charge in [-0.05, 0) is 67.4 Å². The highest BCUT2D eigenvalue weighted by molar-refractivity contribution is 7.79. The molecule has 5 rings (SSSR count). The molecule has 258 valence electrons. The number of carbonyl (C=O) groups excluding carboxylic acids is 1. The Balaban J connectivity index is 1.33. The van der Waals surface area contributed by atoms with Gasteiger partial charge < -0.3 is 38.4 Å². The molecular formula is C32H31ClN4O10PS-. The Kier molecular flexibility index (Phi) is 11.1. The Morgan fingerprint density at radius 1 is 1.14 bits per heavy atom. The average Bonchev–Trinajstić information content (AvgIpc) is 3.54. The van der Waals surface area contributed by atoms with Crippen LogP contribution in [0, 0.1) is 6.92 Å². The van der Waals surface area contributed by atoms with Crippen LogP contribution in [0.25, 0.3) is 22.2 Å². The minimum absolute atomic E-state index is 0.0899. The van der Waals surface area contributed by atoms with Gasteiger partial charge in [-0.3, -0.25) is 4.21 Å². The molecule has 0 saturated heterocycles. The first-order chi connectivity index (χ1) is 24.2. The van der Waals surface area contributed by atoms with Crippen molar-refractivity contribution in [3.63, 3.8) is 0 Å². The number of hydrogen-bond donors (Lipinski definition) is 3. The summed E-state index contributed by atoms with van der Waals surface area (Å²) in [6.45, 7) is -1.91. The minimum atomic E-state index is -4.99. The Morgan fingerprint density at radius 2 is 1.98 bits per heavy atom. The number of benzene rings is 3. The van der Waals surface area contributed by atoms with E-state index >= 15 is 0 Å². The summed E-state index contributed by atoms with van der Waals surface area (Å²) in [5, 5.41) is 4.28. The Hall–Kier alpha value is -4.34. The number of anilines is 2. The number of ether oxygens (including phenoxy) is 2. The maximum atomic E-state index is 12.8. The van der Waals surface area contributed by atoms with E-state index in [9.17, 15) is 18.1 Å². The minimum Gasteiger partial charge on any atom is -0.772 e. The number of halogens is 1. The molecule has 0 aliphatic heterocycles. The number of carbonyl (C=O) groups is 1. The first kappa shape index (κ1) is 33.2. The molecule has 1 unspecified atom stereocenters. The summed E-state index contributed by atoms with van der Waals surface area (Å²) in [5.74, 6) is 0.786. The van der Waals surface area contributed by atoms with Crippen molar-refractivity contribution in [2.24, 2.45) is 0 Å². The molecule has 0 bridgehead atoms. The lowest BCUT2D eigenvalue weighted by molar-refractivity contribution is 0.0181. The van der Waals surface area contributed by atoms with Crippen LogP contribution < -0.4 is 10.1 Å². The van der Waals surface area contributed by atoms with Crippen LogP contribution in [0.4, 0.5) is 16.3 Å². The fourth-order valence-corrected chi connectivity index (χ4v) is 5.23.